The molecule has 6 nitrogen and oxygen atoms in total. The molecular weight excluding hydrogens is 459 g/mol. The Labute approximate surface area is 211 Å². The lowest BCUT2D eigenvalue weighted by atomic mass is 9.57. The molecule has 0 radical (unpaired) electrons. The van der Waals surface area contributed by atoms with Gasteiger partial charge in [-0.2, -0.15) is 0 Å². The standard InChI is InChI=1S/C29H33FN2O4/c1-3-35-29(34)32-23-10-11-24-20(14-23)15-26-27(17(2)36-28(26)33)25(24)12-9-22-8-7-19(16-31-22)18-5-4-6-21(30)13-18/h4-9,12-13,16-17,20,23-27H,3,10-11,14-15H2,1-2H3,(H,32,34)/t17-,20+,23-,24-,25-,26+,27+/m1/s1. The van der Waals surface area contributed by atoms with Gasteiger partial charge in [-0.25, -0.2) is 9.18 Å². The van der Waals surface area contributed by atoms with Crippen LogP contribution in [0.25, 0.3) is 17.2 Å². The molecule has 7 atom stereocenters. The molecular formula is C29H33FN2O4. The zero-order chi connectivity index (χ0) is 25.2. The van der Waals surface area contributed by atoms with Crippen LogP contribution in [0.4, 0.5) is 9.18 Å². The Morgan fingerprint density at radius 3 is 2.83 bits per heavy atom. The summed E-state index contributed by atoms with van der Waals surface area (Å²) in [5.41, 5.74) is 2.48. The number of ether oxygens (including phenoxy) is 2. The number of esters is 1. The summed E-state index contributed by atoms with van der Waals surface area (Å²) in [6.45, 7) is 4.15. The highest BCUT2D eigenvalue weighted by atomic mass is 19.1. The van der Waals surface area contributed by atoms with Crippen LogP contribution >= 0.6 is 0 Å². The molecule has 2 aliphatic carbocycles. The molecule has 7 heteroatoms. The van der Waals surface area contributed by atoms with Gasteiger partial charge < -0.3 is 14.8 Å². The van der Waals surface area contributed by atoms with E-state index in [4.69, 9.17) is 9.47 Å². The molecule has 3 aliphatic rings. The first-order valence-corrected chi connectivity index (χ1v) is 13.0. The number of halogens is 1. The molecule has 1 aliphatic heterocycles. The minimum Gasteiger partial charge on any atom is -0.462 e. The minimum atomic E-state index is -0.368. The summed E-state index contributed by atoms with van der Waals surface area (Å²) >= 11 is 0. The van der Waals surface area contributed by atoms with Crippen LogP contribution in [-0.4, -0.2) is 35.8 Å². The molecule has 5 rings (SSSR count). The van der Waals surface area contributed by atoms with Gasteiger partial charge in [-0.1, -0.05) is 24.3 Å². The smallest absolute Gasteiger partial charge is 0.407 e. The van der Waals surface area contributed by atoms with E-state index in [2.05, 4.69) is 16.4 Å². The van der Waals surface area contributed by atoms with Crippen LogP contribution in [0.5, 0.6) is 0 Å². The summed E-state index contributed by atoms with van der Waals surface area (Å²) in [6, 6.07) is 10.4. The normalized spacial score (nSPS) is 31.4. The second-order valence-corrected chi connectivity index (χ2v) is 10.3. The summed E-state index contributed by atoms with van der Waals surface area (Å²) in [7, 11) is 0. The van der Waals surface area contributed by atoms with E-state index in [-0.39, 0.29) is 47.8 Å². The number of nitrogens with one attached hydrogen (secondary N) is 1. The van der Waals surface area contributed by atoms with Crippen molar-refractivity contribution in [2.45, 2.75) is 51.7 Å². The SMILES string of the molecule is CCOC(=O)N[C@@H]1CC[C@@H]2[C@@H](C1)C[C@@H]1C(=O)O[C@H](C)[C@H]1[C@@H]2C=Cc1ccc(-c2cccc(F)c2)cn1. The lowest BCUT2D eigenvalue weighted by Crippen LogP contribution is -2.48. The number of nitrogens with zero attached hydrogens (tertiary/aromatic N) is 1. The molecule has 0 spiro atoms. The van der Waals surface area contributed by atoms with E-state index in [0.29, 0.717) is 18.4 Å². The Kier molecular flexibility index (Phi) is 7.08. The first kappa shape index (κ1) is 24.5. The van der Waals surface area contributed by atoms with E-state index in [1.165, 1.54) is 12.1 Å². The van der Waals surface area contributed by atoms with Crippen molar-refractivity contribution < 1.29 is 23.5 Å². The number of allylic oxidation sites excluding steroid dienone is 1. The highest BCUT2D eigenvalue weighted by Crippen LogP contribution is 2.53. The van der Waals surface area contributed by atoms with Crippen LogP contribution in [0.1, 0.15) is 45.2 Å². The van der Waals surface area contributed by atoms with E-state index in [9.17, 15) is 14.0 Å². The summed E-state index contributed by atoms with van der Waals surface area (Å²) in [5.74, 6) is 0.629. The zero-order valence-electron chi connectivity index (χ0n) is 20.7. The number of hydrogen-bond acceptors (Lipinski definition) is 5. The molecule has 36 heavy (non-hydrogen) atoms. The Morgan fingerprint density at radius 1 is 1.22 bits per heavy atom. The Bertz CT molecular complexity index is 1130. The van der Waals surface area contributed by atoms with Crippen molar-refractivity contribution in [2.75, 3.05) is 6.61 Å². The number of alkyl carbamates (subject to hydrolysis) is 1. The van der Waals surface area contributed by atoms with Gasteiger partial charge in [0, 0.05) is 23.7 Å². The van der Waals surface area contributed by atoms with Gasteiger partial charge in [0.15, 0.2) is 0 Å². The second-order valence-electron chi connectivity index (χ2n) is 10.3. The summed E-state index contributed by atoms with van der Waals surface area (Å²) in [5, 5.41) is 3.00. The average Bonchev–Trinajstić information content (AvgIpc) is 3.15. The maximum Gasteiger partial charge on any atom is 0.407 e. The molecule has 1 aromatic carbocycles. The fourth-order valence-electron chi connectivity index (χ4n) is 6.64. The molecule has 3 fully saturated rings. The molecule has 1 N–H and O–H groups in total. The van der Waals surface area contributed by atoms with Gasteiger partial charge in [0.05, 0.1) is 18.2 Å². The maximum atomic E-state index is 13.6. The van der Waals surface area contributed by atoms with Crippen molar-refractivity contribution in [3.05, 3.63) is 60.2 Å². The molecule has 1 aromatic heterocycles. The average molecular weight is 493 g/mol. The topological polar surface area (TPSA) is 77.5 Å². The highest BCUT2D eigenvalue weighted by Gasteiger charge is 2.54. The molecule has 2 aromatic rings. The third-order valence-electron chi connectivity index (χ3n) is 8.18. The van der Waals surface area contributed by atoms with Crippen molar-refractivity contribution in [3.8, 4) is 11.1 Å². The van der Waals surface area contributed by atoms with Crippen LogP contribution in [0.2, 0.25) is 0 Å². The Hall–Kier alpha value is -3.22. The quantitative estimate of drug-likeness (QED) is 0.548. The fourth-order valence-corrected chi connectivity index (χ4v) is 6.64. The van der Waals surface area contributed by atoms with E-state index in [0.717, 1.165) is 42.5 Å². The van der Waals surface area contributed by atoms with Gasteiger partial charge in [-0.15, -0.1) is 0 Å². The summed E-state index contributed by atoms with van der Waals surface area (Å²) in [6.07, 6.45) is 9.07. The van der Waals surface area contributed by atoms with Crippen molar-refractivity contribution in [1.82, 2.24) is 10.3 Å². The summed E-state index contributed by atoms with van der Waals surface area (Å²) < 4.78 is 24.3. The molecule has 2 heterocycles. The van der Waals surface area contributed by atoms with Crippen LogP contribution < -0.4 is 5.32 Å². The largest absolute Gasteiger partial charge is 0.462 e. The van der Waals surface area contributed by atoms with Crippen LogP contribution in [0.3, 0.4) is 0 Å². The van der Waals surface area contributed by atoms with Crippen LogP contribution in [-0.2, 0) is 14.3 Å². The second kappa shape index (κ2) is 10.4. The first-order valence-electron chi connectivity index (χ1n) is 13.0. The van der Waals surface area contributed by atoms with Gasteiger partial charge in [0.2, 0.25) is 0 Å². The fraction of sp³-hybridized carbons (Fsp3) is 0.483. The highest BCUT2D eigenvalue weighted by molar-refractivity contribution is 5.75. The maximum absolute atomic E-state index is 13.6. The molecule has 1 saturated heterocycles. The molecule has 190 valence electrons. The number of carbonyl (C=O) groups excluding carboxylic acids is 2. The molecule has 0 bridgehead atoms. The van der Waals surface area contributed by atoms with E-state index < -0.39 is 0 Å². The summed E-state index contributed by atoms with van der Waals surface area (Å²) in [4.78, 5) is 29.2. The third kappa shape index (κ3) is 5.01. The number of carbonyl (C=O) groups is 2. The number of pyridine rings is 1. The number of cyclic esters (lactones) is 1. The lowest BCUT2D eigenvalue weighted by molar-refractivity contribution is -0.144. The first-order chi connectivity index (χ1) is 17.4. The molecule has 2 saturated carbocycles. The Morgan fingerprint density at radius 2 is 2.08 bits per heavy atom. The predicted octanol–water partition coefficient (Wildman–Crippen LogP) is 5.63. The number of fused-ring (bicyclic) bond motifs is 2. The monoisotopic (exact) mass is 492 g/mol. The van der Waals surface area contributed by atoms with E-state index in [1.54, 1.807) is 19.2 Å². The van der Waals surface area contributed by atoms with Gasteiger partial charge in [0.1, 0.15) is 11.9 Å². The number of amides is 1. The van der Waals surface area contributed by atoms with Crippen LogP contribution in [0, 0.1) is 35.4 Å². The van der Waals surface area contributed by atoms with Crippen molar-refractivity contribution in [1.29, 1.82) is 0 Å². The number of benzene rings is 1. The lowest BCUT2D eigenvalue weighted by Gasteiger charge is -2.47. The van der Waals surface area contributed by atoms with Gasteiger partial charge in [0.25, 0.3) is 0 Å². The zero-order valence-corrected chi connectivity index (χ0v) is 20.7. The van der Waals surface area contributed by atoms with Gasteiger partial charge in [-0.3, -0.25) is 9.78 Å². The van der Waals surface area contributed by atoms with E-state index >= 15 is 0 Å². The van der Waals surface area contributed by atoms with Gasteiger partial charge >= 0.3 is 12.1 Å². The number of aromatic nitrogens is 1. The Balaban J connectivity index is 1.34. The number of hydrogen-bond donors (Lipinski definition) is 1. The molecule has 0 unspecified atom stereocenters. The predicted molar refractivity (Wildman–Crippen MR) is 134 cm³/mol. The van der Waals surface area contributed by atoms with Crippen molar-refractivity contribution in [3.63, 3.8) is 0 Å². The molecule has 1 amide bonds. The minimum absolute atomic E-state index is 0.0679. The van der Waals surface area contributed by atoms with Crippen molar-refractivity contribution in [2.24, 2.45) is 29.6 Å². The van der Waals surface area contributed by atoms with Crippen molar-refractivity contribution >= 4 is 18.1 Å². The van der Waals surface area contributed by atoms with E-state index in [1.807, 2.05) is 31.2 Å². The number of rotatable bonds is 5. The van der Waals surface area contributed by atoms with Gasteiger partial charge in [-0.05, 0) is 87.1 Å². The third-order valence-corrected chi connectivity index (χ3v) is 8.18. The van der Waals surface area contributed by atoms with Crippen LogP contribution in [0.15, 0.2) is 48.7 Å².